The van der Waals surface area contributed by atoms with Gasteiger partial charge in [0.2, 0.25) is 0 Å². The van der Waals surface area contributed by atoms with Gasteiger partial charge in [0.25, 0.3) is 5.69 Å². The summed E-state index contributed by atoms with van der Waals surface area (Å²) in [6.07, 6.45) is 0. The topological polar surface area (TPSA) is 73.8 Å². The Hall–Kier alpha value is -2.67. The molecule has 24 heavy (non-hydrogen) atoms. The number of benzene rings is 2. The molecule has 0 aliphatic heterocycles. The van der Waals surface area contributed by atoms with Crippen LogP contribution >= 0.6 is 11.8 Å². The number of nitrogens with zero attached hydrogens (tertiary/aromatic N) is 4. The molecular weight excluding hydrogens is 324 g/mol. The summed E-state index contributed by atoms with van der Waals surface area (Å²) in [5.41, 5.74) is 1.96. The largest absolute Gasteiger partial charge is 0.302 e. The Morgan fingerprint density at radius 1 is 1.12 bits per heavy atom. The van der Waals surface area contributed by atoms with Gasteiger partial charge in [-0.2, -0.15) is 0 Å². The van der Waals surface area contributed by atoms with Crippen molar-refractivity contribution in [3.05, 3.63) is 70.3 Å². The summed E-state index contributed by atoms with van der Waals surface area (Å²) in [6, 6.07) is 16.6. The monoisotopic (exact) mass is 340 g/mol. The van der Waals surface area contributed by atoms with E-state index in [0.29, 0.717) is 17.9 Å². The highest BCUT2D eigenvalue weighted by Crippen LogP contribution is 2.28. The molecule has 1 aromatic heterocycles. The Morgan fingerprint density at radius 3 is 2.62 bits per heavy atom. The minimum atomic E-state index is -0.402. The molecule has 6 nitrogen and oxygen atoms in total. The van der Waals surface area contributed by atoms with Crippen molar-refractivity contribution in [1.82, 2.24) is 14.8 Å². The fourth-order valence-corrected chi connectivity index (χ4v) is 3.33. The Balaban J connectivity index is 1.87. The van der Waals surface area contributed by atoms with Gasteiger partial charge in [-0.15, -0.1) is 10.2 Å². The average Bonchev–Trinajstić information content (AvgIpc) is 3.04. The van der Waals surface area contributed by atoms with E-state index in [1.807, 2.05) is 35.8 Å². The van der Waals surface area contributed by atoms with Crippen LogP contribution in [0.4, 0.5) is 5.69 Å². The van der Waals surface area contributed by atoms with Crippen molar-refractivity contribution in [3.8, 4) is 11.4 Å². The number of thioether (sulfide) groups is 1. The standard InChI is InChI=1S/C17H16N4O2S/c1-2-20-16(14-9-6-10-15(11-14)21(22)23)18-19-17(20)24-12-13-7-4-3-5-8-13/h3-11H,2,12H2,1H3. The number of nitro groups is 1. The van der Waals surface area contributed by atoms with Gasteiger partial charge in [-0.3, -0.25) is 10.1 Å². The average molecular weight is 340 g/mol. The second-order valence-electron chi connectivity index (χ2n) is 5.13. The zero-order valence-electron chi connectivity index (χ0n) is 13.1. The molecule has 0 saturated heterocycles. The lowest BCUT2D eigenvalue weighted by molar-refractivity contribution is -0.384. The first-order chi connectivity index (χ1) is 11.7. The lowest BCUT2D eigenvalue weighted by atomic mass is 10.2. The van der Waals surface area contributed by atoms with Crippen molar-refractivity contribution in [1.29, 1.82) is 0 Å². The second-order valence-corrected chi connectivity index (χ2v) is 6.07. The van der Waals surface area contributed by atoms with E-state index in [0.717, 1.165) is 10.9 Å². The second kappa shape index (κ2) is 7.27. The molecule has 7 heteroatoms. The predicted octanol–water partition coefficient (Wildman–Crippen LogP) is 4.17. The van der Waals surface area contributed by atoms with Crippen LogP contribution in [0, 0.1) is 10.1 Å². The highest BCUT2D eigenvalue weighted by atomic mass is 32.2. The molecule has 0 unspecified atom stereocenters. The maximum absolute atomic E-state index is 11.0. The van der Waals surface area contributed by atoms with E-state index in [1.54, 1.807) is 17.8 Å². The molecule has 1 heterocycles. The molecule has 0 amide bonds. The zero-order valence-corrected chi connectivity index (χ0v) is 13.9. The van der Waals surface area contributed by atoms with Crippen LogP contribution in [0.2, 0.25) is 0 Å². The smallest absolute Gasteiger partial charge is 0.270 e. The van der Waals surface area contributed by atoms with Crippen molar-refractivity contribution in [2.45, 2.75) is 24.4 Å². The summed E-state index contributed by atoms with van der Waals surface area (Å²) in [7, 11) is 0. The van der Waals surface area contributed by atoms with Crippen molar-refractivity contribution >= 4 is 17.4 Å². The van der Waals surface area contributed by atoms with Gasteiger partial charge in [0.1, 0.15) is 0 Å². The van der Waals surface area contributed by atoms with Crippen LogP contribution < -0.4 is 0 Å². The third kappa shape index (κ3) is 3.46. The third-order valence-electron chi connectivity index (χ3n) is 3.56. The summed E-state index contributed by atoms with van der Waals surface area (Å²) in [5, 5.41) is 20.3. The molecule has 2 aromatic carbocycles. The summed E-state index contributed by atoms with van der Waals surface area (Å²) in [4.78, 5) is 10.6. The molecule has 0 aliphatic rings. The highest BCUT2D eigenvalue weighted by Gasteiger charge is 2.15. The summed E-state index contributed by atoms with van der Waals surface area (Å²) < 4.78 is 1.98. The molecule has 0 bridgehead atoms. The Morgan fingerprint density at radius 2 is 1.92 bits per heavy atom. The molecule has 0 atom stereocenters. The van der Waals surface area contributed by atoms with Crippen molar-refractivity contribution in [2.24, 2.45) is 0 Å². The summed E-state index contributed by atoms with van der Waals surface area (Å²) >= 11 is 1.61. The van der Waals surface area contributed by atoms with E-state index in [1.165, 1.54) is 17.7 Å². The fraction of sp³-hybridized carbons (Fsp3) is 0.176. The number of aromatic nitrogens is 3. The lowest BCUT2D eigenvalue weighted by Gasteiger charge is -2.07. The van der Waals surface area contributed by atoms with E-state index < -0.39 is 4.92 Å². The van der Waals surface area contributed by atoms with Gasteiger partial charge in [-0.1, -0.05) is 54.2 Å². The van der Waals surface area contributed by atoms with Crippen LogP contribution in [0.1, 0.15) is 12.5 Å². The highest BCUT2D eigenvalue weighted by molar-refractivity contribution is 7.98. The molecule has 3 rings (SSSR count). The van der Waals surface area contributed by atoms with E-state index in [-0.39, 0.29) is 5.69 Å². The first-order valence-electron chi connectivity index (χ1n) is 7.53. The number of non-ortho nitro benzene ring substituents is 1. The summed E-state index contributed by atoms with van der Waals surface area (Å²) in [6.45, 7) is 2.71. The van der Waals surface area contributed by atoms with Crippen LogP contribution in [0.15, 0.2) is 59.8 Å². The Bertz CT molecular complexity index is 849. The Labute approximate surface area is 143 Å². The van der Waals surface area contributed by atoms with Crippen LogP contribution in [0.5, 0.6) is 0 Å². The number of hydrogen-bond donors (Lipinski definition) is 0. The molecule has 0 N–H and O–H groups in total. The normalized spacial score (nSPS) is 10.7. The van der Waals surface area contributed by atoms with E-state index in [9.17, 15) is 10.1 Å². The third-order valence-corrected chi connectivity index (χ3v) is 4.60. The molecule has 0 spiro atoms. The van der Waals surface area contributed by atoms with Crippen molar-refractivity contribution < 1.29 is 4.92 Å². The van der Waals surface area contributed by atoms with Gasteiger partial charge in [-0.05, 0) is 12.5 Å². The number of nitro benzene ring substituents is 1. The quantitative estimate of drug-likeness (QED) is 0.382. The molecule has 3 aromatic rings. The minimum absolute atomic E-state index is 0.0524. The molecular formula is C17H16N4O2S. The summed E-state index contributed by atoms with van der Waals surface area (Å²) in [5.74, 6) is 1.45. The van der Waals surface area contributed by atoms with Gasteiger partial charge < -0.3 is 4.57 Å². The zero-order chi connectivity index (χ0) is 16.9. The molecule has 0 radical (unpaired) electrons. The predicted molar refractivity (Wildman–Crippen MR) is 93.8 cm³/mol. The van der Waals surface area contributed by atoms with Gasteiger partial charge in [0, 0.05) is 30.0 Å². The van der Waals surface area contributed by atoms with Gasteiger partial charge >= 0.3 is 0 Å². The maximum atomic E-state index is 11.0. The fourth-order valence-electron chi connectivity index (χ4n) is 2.37. The first-order valence-corrected chi connectivity index (χ1v) is 8.52. The number of hydrogen-bond acceptors (Lipinski definition) is 5. The molecule has 122 valence electrons. The van der Waals surface area contributed by atoms with E-state index >= 15 is 0 Å². The minimum Gasteiger partial charge on any atom is -0.302 e. The van der Waals surface area contributed by atoms with Crippen LogP contribution in [0.25, 0.3) is 11.4 Å². The van der Waals surface area contributed by atoms with Crippen molar-refractivity contribution in [2.75, 3.05) is 0 Å². The molecule has 0 aliphatic carbocycles. The van der Waals surface area contributed by atoms with Crippen LogP contribution in [0.3, 0.4) is 0 Å². The van der Waals surface area contributed by atoms with Crippen molar-refractivity contribution in [3.63, 3.8) is 0 Å². The lowest BCUT2D eigenvalue weighted by Crippen LogP contribution is -2.00. The maximum Gasteiger partial charge on any atom is 0.270 e. The van der Waals surface area contributed by atoms with E-state index in [4.69, 9.17) is 0 Å². The van der Waals surface area contributed by atoms with Crippen LogP contribution in [-0.2, 0) is 12.3 Å². The molecule has 0 fully saturated rings. The van der Waals surface area contributed by atoms with E-state index in [2.05, 4.69) is 22.3 Å². The SMILES string of the molecule is CCn1c(SCc2ccccc2)nnc1-c1cccc([N+](=O)[O-])c1. The molecule has 0 saturated carbocycles. The van der Waals surface area contributed by atoms with Gasteiger partial charge in [0.05, 0.1) is 4.92 Å². The van der Waals surface area contributed by atoms with Crippen LogP contribution in [-0.4, -0.2) is 19.7 Å². The first kappa shape index (κ1) is 16.2. The van der Waals surface area contributed by atoms with Gasteiger partial charge in [0.15, 0.2) is 11.0 Å². The van der Waals surface area contributed by atoms with Gasteiger partial charge in [-0.25, -0.2) is 0 Å². The number of rotatable bonds is 6. The Kier molecular flexibility index (Phi) is 4.90.